The second-order valence-electron chi connectivity index (χ2n) is 9.05. The predicted octanol–water partition coefficient (Wildman–Crippen LogP) is 6.14. The van der Waals surface area contributed by atoms with Crippen LogP contribution in [0.4, 0.5) is 0 Å². The topological polar surface area (TPSA) is 17.1 Å². The molecule has 4 aliphatic carbocycles. The van der Waals surface area contributed by atoms with Gasteiger partial charge in [-0.1, -0.05) is 55.0 Å². The molecule has 4 atom stereocenters. The van der Waals surface area contributed by atoms with Crippen LogP contribution < -0.4 is 0 Å². The highest BCUT2D eigenvalue weighted by Gasteiger charge is 2.53. The van der Waals surface area contributed by atoms with Crippen molar-refractivity contribution in [3.63, 3.8) is 0 Å². The number of ketones is 1. The molecule has 134 valence electrons. The maximum absolute atomic E-state index is 12.0. The van der Waals surface area contributed by atoms with Gasteiger partial charge in [-0.05, 0) is 78.6 Å². The van der Waals surface area contributed by atoms with E-state index in [4.69, 9.17) is 0 Å². The van der Waals surface area contributed by atoms with Gasteiger partial charge in [0.15, 0.2) is 5.78 Å². The number of hydrogen-bond donors (Lipinski definition) is 0. The fourth-order valence-corrected chi connectivity index (χ4v) is 6.55. The number of benzene rings is 1. The van der Waals surface area contributed by atoms with E-state index >= 15 is 0 Å². The Morgan fingerprint density at radius 2 is 1.85 bits per heavy atom. The zero-order chi connectivity index (χ0) is 17.9. The molecule has 2 fully saturated rings. The van der Waals surface area contributed by atoms with Crippen LogP contribution in [0.5, 0.6) is 0 Å². The summed E-state index contributed by atoms with van der Waals surface area (Å²) < 4.78 is 0. The molecule has 1 nitrogen and oxygen atoms in total. The van der Waals surface area contributed by atoms with Crippen LogP contribution in [0, 0.1) is 17.3 Å². The van der Waals surface area contributed by atoms with E-state index in [2.05, 4.69) is 43.8 Å². The Kier molecular flexibility index (Phi) is 3.64. The lowest BCUT2D eigenvalue weighted by Gasteiger charge is -2.51. The van der Waals surface area contributed by atoms with Gasteiger partial charge in [-0.3, -0.25) is 4.79 Å². The van der Waals surface area contributed by atoms with Crippen LogP contribution in [-0.4, -0.2) is 5.78 Å². The minimum atomic E-state index is 0.279. The second-order valence-corrected chi connectivity index (χ2v) is 9.05. The number of rotatable bonds is 1. The van der Waals surface area contributed by atoms with Crippen molar-refractivity contribution in [2.45, 2.75) is 57.8 Å². The summed E-state index contributed by atoms with van der Waals surface area (Å²) >= 11 is 0. The van der Waals surface area contributed by atoms with E-state index in [0.717, 1.165) is 18.8 Å². The molecule has 5 rings (SSSR count). The van der Waals surface area contributed by atoms with E-state index in [1.807, 2.05) is 6.08 Å². The van der Waals surface area contributed by atoms with E-state index < -0.39 is 0 Å². The Balaban J connectivity index is 1.70. The number of allylic oxidation sites excluding steroid dienone is 5. The number of fused-ring (bicyclic) bond motifs is 4. The SMILES string of the molecule is C=C1CCC2C3CCC4=CC(=O)CCC4=C3[C@H](c3ccccc3)C[C@]12C. The molecule has 0 aliphatic heterocycles. The smallest absolute Gasteiger partial charge is 0.156 e. The van der Waals surface area contributed by atoms with Gasteiger partial charge in [-0.2, -0.15) is 0 Å². The third-order valence-corrected chi connectivity index (χ3v) is 7.89. The summed E-state index contributed by atoms with van der Waals surface area (Å²) in [6.07, 6.45) is 9.63. The summed E-state index contributed by atoms with van der Waals surface area (Å²) in [6, 6.07) is 11.1. The van der Waals surface area contributed by atoms with Crippen molar-refractivity contribution in [1.82, 2.24) is 0 Å². The van der Waals surface area contributed by atoms with Crippen molar-refractivity contribution in [3.05, 3.63) is 70.8 Å². The van der Waals surface area contributed by atoms with Gasteiger partial charge in [0.2, 0.25) is 0 Å². The molecule has 2 saturated carbocycles. The third kappa shape index (κ3) is 2.25. The van der Waals surface area contributed by atoms with Crippen LogP contribution in [0.15, 0.2) is 65.3 Å². The standard InChI is InChI=1S/C25H28O/c1-16-8-13-23-21-11-9-18-14-19(26)10-12-20(18)24(21)22(15-25(16,23)2)17-6-4-3-5-7-17/h3-7,14,21-23H,1,8-13,15H2,2H3/t21?,22-,23?,25+/m0/s1. The van der Waals surface area contributed by atoms with E-state index in [1.54, 1.807) is 11.1 Å². The van der Waals surface area contributed by atoms with Crippen molar-refractivity contribution >= 4 is 5.78 Å². The molecule has 26 heavy (non-hydrogen) atoms. The van der Waals surface area contributed by atoms with Crippen molar-refractivity contribution < 1.29 is 4.79 Å². The molecule has 0 saturated heterocycles. The van der Waals surface area contributed by atoms with Crippen molar-refractivity contribution in [3.8, 4) is 0 Å². The highest BCUT2D eigenvalue weighted by atomic mass is 16.1. The van der Waals surface area contributed by atoms with Crippen LogP contribution in [0.1, 0.15) is 63.4 Å². The van der Waals surface area contributed by atoms with E-state index in [0.29, 0.717) is 24.0 Å². The van der Waals surface area contributed by atoms with Crippen LogP contribution >= 0.6 is 0 Å². The zero-order valence-corrected chi connectivity index (χ0v) is 15.8. The third-order valence-electron chi connectivity index (χ3n) is 7.89. The van der Waals surface area contributed by atoms with E-state index in [1.165, 1.54) is 42.4 Å². The summed E-state index contributed by atoms with van der Waals surface area (Å²) in [6.45, 7) is 6.98. The average Bonchev–Trinajstić information content (AvgIpc) is 2.96. The number of carbonyl (C=O) groups is 1. The fraction of sp³-hybridized carbons (Fsp3) is 0.480. The Labute approximate surface area is 156 Å². The number of carbonyl (C=O) groups excluding carboxylic acids is 1. The summed E-state index contributed by atoms with van der Waals surface area (Å²) in [5.41, 5.74) is 7.81. The summed E-state index contributed by atoms with van der Waals surface area (Å²) in [5.74, 6) is 2.24. The summed E-state index contributed by atoms with van der Waals surface area (Å²) in [5, 5.41) is 0. The first-order chi connectivity index (χ1) is 12.6. The molecule has 0 spiro atoms. The normalized spacial score (nSPS) is 36.3. The van der Waals surface area contributed by atoms with Crippen LogP contribution in [0.3, 0.4) is 0 Å². The molecule has 0 amide bonds. The molecule has 1 aromatic rings. The van der Waals surface area contributed by atoms with Gasteiger partial charge in [0.25, 0.3) is 0 Å². The molecule has 1 aromatic carbocycles. The molecule has 0 heterocycles. The van der Waals surface area contributed by atoms with Crippen molar-refractivity contribution in [1.29, 1.82) is 0 Å². The van der Waals surface area contributed by atoms with Gasteiger partial charge < -0.3 is 0 Å². The molecule has 4 aliphatic rings. The second kappa shape index (κ2) is 5.81. The first-order valence-electron chi connectivity index (χ1n) is 10.3. The van der Waals surface area contributed by atoms with Gasteiger partial charge in [-0.15, -0.1) is 0 Å². The molecular formula is C25H28O. The van der Waals surface area contributed by atoms with Gasteiger partial charge in [0.1, 0.15) is 0 Å². The van der Waals surface area contributed by atoms with E-state index in [-0.39, 0.29) is 5.41 Å². The van der Waals surface area contributed by atoms with Gasteiger partial charge in [-0.25, -0.2) is 0 Å². The predicted molar refractivity (Wildman–Crippen MR) is 106 cm³/mol. The van der Waals surface area contributed by atoms with Crippen molar-refractivity contribution in [2.24, 2.45) is 17.3 Å². The van der Waals surface area contributed by atoms with Gasteiger partial charge in [0, 0.05) is 12.3 Å². The lowest BCUT2D eigenvalue weighted by molar-refractivity contribution is -0.114. The Morgan fingerprint density at radius 3 is 2.65 bits per heavy atom. The van der Waals surface area contributed by atoms with E-state index in [9.17, 15) is 4.79 Å². The van der Waals surface area contributed by atoms with Crippen molar-refractivity contribution in [2.75, 3.05) is 0 Å². The lowest BCUT2D eigenvalue weighted by Crippen LogP contribution is -2.41. The first kappa shape index (κ1) is 16.3. The largest absolute Gasteiger partial charge is 0.295 e. The zero-order valence-electron chi connectivity index (χ0n) is 15.8. The van der Waals surface area contributed by atoms with Crippen LogP contribution in [0.2, 0.25) is 0 Å². The van der Waals surface area contributed by atoms with Gasteiger partial charge in [0.05, 0.1) is 0 Å². The molecule has 2 unspecified atom stereocenters. The van der Waals surface area contributed by atoms with Crippen LogP contribution in [0.25, 0.3) is 0 Å². The number of hydrogen-bond acceptors (Lipinski definition) is 1. The first-order valence-corrected chi connectivity index (χ1v) is 10.3. The maximum atomic E-state index is 12.0. The minimum Gasteiger partial charge on any atom is -0.295 e. The lowest BCUT2D eigenvalue weighted by atomic mass is 9.53. The molecule has 0 bridgehead atoms. The quantitative estimate of drug-likeness (QED) is 0.559. The summed E-state index contributed by atoms with van der Waals surface area (Å²) in [7, 11) is 0. The fourth-order valence-electron chi connectivity index (χ4n) is 6.55. The minimum absolute atomic E-state index is 0.279. The Morgan fingerprint density at radius 1 is 1.04 bits per heavy atom. The van der Waals surface area contributed by atoms with Gasteiger partial charge >= 0.3 is 0 Å². The molecule has 0 aromatic heterocycles. The monoisotopic (exact) mass is 344 g/mol. The highest BCUT2D eigenvalue weighted by molar-refractivity contribution is 5.93. The van der Waals surface area contributed by atoms with Crippen LogP contribution in [-0.2, 0) is 4.79 Å². The average molecular weight is 344 g/mol. The molecule has 0 N–H and O–H groups in total. The Hall–Kier alpha value is -1.89. The Bertz CT molecular complexity index is 840. The molecular weight excluding hydrogens is 316 g/mol. The molecule has 1 heteroatoms. The highest BCUT2D eigenvalue weighted by Crippen LogP contribution is 2.65. The molecule has 0 radical (unpaired) electrons. The maximum Gasteiger partial charge on any atom is 0.156 e. The summed E-state index contributed by atoms with van der Waals surface area (Å²) in [4.78, 5) is 12.0.